The van der Waals surface area contributed by atoms with Crippen LogP contribution in [0.1, 0.15) is 115 Å². The fraction of sp³-hybridized carbons (Fsp3) is 0.537. The van der Waals surface area contributed by atoms with E-state index < -0.39 is 10.3 Å². The van der Waals surface area contributed by atoms with Gasteiger partial charge in [0.15, 0.2) is 0 Å². The van der Waals surface area contributed by atoms with Gasteiger partial charge in [0.1, 0.15) is 0 Å². The Hall–Kier alpha value is -2.52. The lowest BCUT2D eigenvalue weighted by molar-refractivity contribution is -0.160. The van der Waals surface area contributed by atoms with Crippen molar-refractivity contribution in [1.82, 2.24) is 0 Å². The third-order valence-corrected chi connectivity index (χ3v) is 14.1. The van der Waals surface area contributed by atoms with Gasteiger partial charge in [0.05, 0.1) is 5.41 Å². The maximum absolute atomic E-state index is 14.6. The van der Waals surface area contributed by atoms with E-state index in [4.69, 9.17) is 4.18 Å². The number of carbonyl (C=O) groups is 1. The zero-order valence-electron chi connectivity index (χ0n) is 27.1. The Balaban J connectivity index is 1.20. The number of carbonyl (C=O) groups excluding carboxylic acids is 1. The Morgan fingerprint density at radius 3 is 1.52 bits per heavy atom. The van der Waals surface area contributed by atoms with E-state index in [1.54, 1.807) is 0 Å². The van der Waals surface area contributed by atoms with Crippen molar-refractivity contribution >= 4 is 16.3 Å². The van der Waals surface area contributed by atoms with Crippen molar-refractivity contribution in [3.05, 3.63) is 90.5 Å². The number of rotatable bonds is 16. The Labute approximate surface area is 268 Å². The molecule has 4 aliphatic rings. The molecule has 0 unspecified atom stereocenters. The Morgan fingerprint density at radius 1 is 0.614 bits per heavy atom. The molecule has 0 saturated heterocycles. The maximum atomic E-state index is 14.6. The molecule has 2 nitrogen and oxygen atoms in total. The molecule has 0 amide bonds. The highest BCUT2D eigenvalue weighted by atomic mass is 32.3. The van der Waals surface area contributed by atoms with Crippen LogP contribution in [0.15, 0.2) is 99.6 Å². The van der Waals surface area contributed by atoms with Gasteiger partial charge in [0, 0.05) is 14.7 Å². The van der Waals surface area contributed by atoms with Crippen molar-refractivity contribution in [1.29, 1.82) is 0 Å². The summed E-state index contributed by atoms with van der Waals surface area (Å²) < 4.78 is 7.13. The molecule has 3 aromatic carbocycles. The predicted octanol–water partition coefficient (Wildman–Crippen LogP) is 12.1. The standard InChI is InChI=1S/C41H54O2S/c1-2-3-4-5-6-7-8-9-10-13-18-33-23-25-39(26-24-33)44(37-19-14-11-15-20-37,38-21-16-12-17-22-38)43-40(42)41-30-34-27-35(31-41)29-36(28-34)32-41/h11-12,14-17,19-26,34-36H,2-10,13,18,27-32H2,1H3. The average Bonchev–Trinajstić information content (AvgIpc) is 3.05. The van der Waals surface area contributed by atoms with Gasteiger partial charge in [-0.1, -0.05) is 113 Å². The molecule has 4 fully saturated rings. The second-order valence-corrected chi connectivity index (χ2v) is 17.0. The minimum atomic E-state index is -2.24. The van der Waals surface area contributed by atoms with Gasteiger partial charge in [-0.25, -0.2) is 0 Å². The number of unbranched alkanes of at least 4 members (excludes halogenated alkanes) is 9. The van der Waals surface area contributed by atoms with Crippen LogP contribution in [-0.2, 0) is 15.4 Å². The van der Waals surface area contributed by atoms with Crippen LogP contribution in [-0.4, -0.2) is 5.97 Å². The van der Waals surface area contributed by atoms with E-state index in [0.717, 1.165) is 40.4 Å². The minimum absolute atomic E-state index is 0.0637. The number of hydrogen-bond donors (Lipinski definition) is 0. The van der Waals surface area contributed by atoms with Crippen LogP contribution in [0.5, 0.6) is 0 Å². The predicted molar refractivity (Wildman–Crippen MR) is 184 cm³/mol. The van der Waals surface area contributed by atoms with Crippen molar-refractivity contribution in [3.63, 3.8) is 0 Å². The number of benzene rings is 3. The third-order valence-electron chi connectivity index (χ3n) is 10.9. The fourth-order valence-corrected chi connectivity index (χ4v) is 12.1. The second-order valence-electron chi connectivity index (χ2n) is 14.3. The van der Waals surface area contributed by atoms with E-state index in [0.29, 0.717) is 17.8 Å². The summed E-state index contributed by atoms with van der Waals surface area (Å²) in [4.78, 5) is 17.9. The first kappa shape index (κ1) is 31.5. The van der Waals surface area contributed by atoms with Gasteiger partial charge in [-0.15, -0.1) is 0 Å². The van der Waals surface area contributed by atoms with Crippen molar-refractivity contribution in [2.75, 3.05) is 0 Å². The molecule has 0 aromatic heterocycles. The van der Waals surface area contributed by atoms with Gasteiger partial charge in [0.2, 0.25) is 0 Å². The Bertz CT molecular complexity index is 1240. The van der Waals surface area contributed by atoms with Crippen molar-refractivity contribution in [3.8, 4) is 0 Å². The van der Waals surface area contributed by atoms with Gasteiger partial charge >= 0.3 is 5.97 Å². The quantitative estimate of drug-likeness (QED) is 0.151. The Kier molecular flexibility index (Phi) is 10.5. The molecule has 4 saturated carbocycles. The fourth-order valence-electron chi connectivity index (χ4n) is 9.00. The summed E-state index contributed by atoms with van der Waals surface area (Å²) in [5, 5.41) is 0. The van der Waals surface area contributed by atoms with E-state index in [-0.39, 0.29) is 11.4 Å². The minimum Gasteiger partial charge on any atom is -0.402 e. The second kappa shape index (κ2) is 14.7. The first-order valence-corrected chi connectivity index (χ1v) is 19.4. The summed E-state index contributed by atoms with van der Waals surface area (Å²) in [6, 6.07) is 30.4. The molecule has 0 heterocycles. The normalized spacial score (nSPS) is 24.3. The zero-order valence-corrected chi connectivity index (χ0v) is 27.9. The summed E-state index contributed by atoms with van der Waals surface area (Å²) in [7, 11) is -2.24. The molecular weight excluding hydrogens is 557 g/mol. The van der Waals surface area contributed by atoms with E-state index in [2.05, 4.69) is 91.9 Å². The molecule has 44 heavy (non-hydrogen) atoms. The molecule has 4 bridgehead atoms. The van der Waals surface area contributed by atoms with Gasteiger partial charge in [-0.3, -0.25) is 4.79 Å². The van der Waals surface area contributed by atoms with Crippen molar-refractivity contribution < 1.29 is 8.98 Å². The van der Waals surface area contributed by atoms with Gasteiger partial charge < -0.3 is 4.18 Å². The number of hydrogen-bond acceptors (Lipinski definition) is 2. The molecule has 7 rings (SSSR count). The first-order valence-electron chi connectivity index (χ1n) is 17.9. The molecule has 4 aliphatic carbocycles. The van der Waals surface area contributed by atoms with Gasteiger partial charge in [-0.2, -0.15) is 0 Å². The third kappa shape index (κ3) is 6.99. The summed E-state index contributed by atoms with van der Waals surface area (Å²) in [6.07, 6.45) is 21.8. The van der Waals surface area contributed by atoms with Crippen molar-refractivity contribution in [2.45, 2.75) is 131 Å². The zero-order chi connectivity index (χ0) is 30.2. The van der Waals surface area contributed by atoms with Crippen LogP contribution in [0.3, 0.4) is 0 Å². The smallest absolute Gasteiger partial charge is 0.323 e. The lowest BCUT2D eigenvalue weighted by atomic mass is 9.49. The largest absolute Gasteiger partial charge is 0.402 e. The molecule has 0 radical (unpaired) electrons. The number of aryl methyl sites for hydroxylation is 1. The van der Waals surface area contributed by atoms with Crippen LogP contribution in [0, 0.1) is 23.2 Å². The van der Waals surface area contributed by atoms with Crippen LogP contribution in [0.25, 0.3) is 0 Å². The van der Waals surface area contributed by atoms with Crippen LogP contribution in [0.4, 0.5) is 0 Å². The molecule has 0 spiro atoms. The summed E-state index contributed by atoms with van der Waals surface area (Å²) >= 11 is 0. The molecule has 0 N–H and O–H groups in total. The lowest BCUT2D eigenvalue weighted by Crippen LogP contribution is -2.50. The van der Waals surface area contributed by atoms with E-state index in [1.165, 1.54) is 89.0 Å². The Morgan fingerprint density at radius 2 is 1.05 bits per heavy atom. The highest BCUT2D eigenvalue weighted by Crippen LogP contribution is 2.71. The summed E-state index contributed by atoms with van der Waals surface area (Å²) in [6.45, 7) is 2.29. The highest BCUT2D eigenvalue weighted by Gasteiger charge is 2.57. The SMILES string of the molecule is CCCCCCCCCCCCc1ccc(S(OC(=O)C23CC4CC(CC(C4)C2)C3)(c2ccccc2)c2ccccc2)cc1. The monoisotopic (exact) mass is 610 g/mol. The van der Waals surface area contributed by atoms with Crippen molar-refractivity contribution in [2.24, 2.45) is 23.2 Å². The molecule has 0 atom stereocenters. The van der Waals surface area contributed by atoms with Gasteiger partial charge in [-0.05, 0) is 121 Å². The van der Waals surface area contributed by atoms with Crippen LogP contribution < -0.4 is 0 Å². The van der Waals surface area contributed by atoms with E-state index in [9.17, 15) is 4.79 Å². The molecule has 3 heteroatoms. The first-order chi connectivity index (χ1) is 21.6. The van der Waals surface area contributed by atoms with Crippen LogP contribution >= 0.6 is 10.3 Å². The topological polar surface area (TPSA) is 26.3 Å². The summed E-state index contributed by atoms with van der Waals surface area (Å²) in [5.74, 6) is 2.18. The molecule has 236 valence electrons. The van der Waals surface area contributed by atoms with Crippen LogP contribution in [0.2, 0.25) is 0 Å². The maximum Gasteiger partial charge on any atom is 0.323 e. The van der Waals surface area contributed by atoms with E-state index >= 15 is 0 Å². The molecule has 3 aromatic rings. The average molecular weight is 611 g/mol. The summed E-state index contributed by atoms with van der Waals surface area (Å²) in [5.41, 5.74) is 1.08. The lowest BCUT2D eigenvalue weighted by Gasteiger charge is -2.56. The molecule has 0 aliphatic heterocycles. The molecular formula is C41H54O2S. The van der Waals surface area contributed by atoms with Gasteiger partial charge in [0.25, 0.3) is 0 Å². The highest BCUT2D eigenvalue weighted by molar-refractivity contribution is 8.30. The van der Waals surface area contributed by atoms with E-state index in [1.807, 2.05) is 0 Å².